The first-order chi connectivity index (χ1) is 16.3. The van der Waals surface area contributed by atoms with Gasteiger partial charge in [-0.3, -0.25) is 19.7 Å². The van der Waals surface area contributed by atoms with Crippen LogP contribution in [0.1, 0.15) is 35.8 Å². The molecule has 34 heavy (non-hydrogen) atoms. The fraction of sp³-hybridized carbons (Fsp3) is 0.160. The second-order valence-electron chi connectivity index (χ2n) is 8.37. The first kappa shape index (κ1) is 21.6. The van der Waals surface area contributed by atoms with Gasteiger partial charge in [-0.25, -0.2) is 8.78 Å². The molecule has 0 bridgehead atoms. The molecule has 2 aromatic carbocycles. The van der Waals surface area contributed by atoms with Crippen LogP contribution in [-0.2, 0) is 14.4 Å². The molecule has 2 fully saturated rings. The van der Waals surface area contributed by atoms with Crippen LogP contribution in [0.25, 0.3) is 21.8 Å². The summed E-state index contributed by atoms with van der Waals surface area (Å²) in [6, 6.07) is 8.93. The van der Waals surface area contributed by atoms with Crippen molar-refractivity contribution in [1.29, 1.82) is 0 Å². The van der Waals surface area contributed by atoms with Crippen LogP contribution in [0.15, 0.2) is 61.1 Å². The van der Waals surface area contributed by atoms with E-state index < -0.39 is 5.92 Å². The number of amides is 3. The van der Waals surface area contributed by atoms with Gasteiger partial charge in [0.1, 0.15) is 11.6 Å². The molecule has 6 rings (SSSR count). The number of hydrogen-bond acceptors (Lipinski definition) is 3. The lowest BCUT2D eigenvalue weighted by Gasteiger charge is -2.07. The smallest absolute Gasteiger partial charge is 0.234 e. The molecule has 2 saturated heterocycles. The summed E-state index contributed by atoms with van der Waals surface area (Å²) in [6.07, 6.45) is 3.98. The van der Waals surface area contributed by atoms with Crippen LogP contribution in [0.5, 0.6) is 0 Å². The number of aromatic amines is 2. The Morgan fingerprint density at radius 3 is 1.71 bits per heavy atom. The van der Waals surface area contributed by atoms with Gasteiger partial charge in [-0.15, -0.1) is 0 Å². The third-order valence-corrected chi connectivity index (χ3v) is 6.18. The third-order valence-electron chi connectivity index (χ3n) is 6.18. The normalized spacial score (nSPS) is 19.9. The van der Waals surface area contributed by atoms with E-state index in [4.69, 9.17) is 0 Å². The highest BCUT2D eigenvalue weighted by molar-refractivity contribution is 6.07. The SMILES string of the molecule is C=C1NC(=O)C[C@H]1c1c[nH]c2ccc(F)cc12.O=C1C[C@H](c2c[nH]c3ccc(F)cc23)C(=O)N1. The molecule has 7 nitrogen and oxygen atoms in total. The fourth-order valence-electron chi connectivity index (χ4n) is 4.53. The Labute approximate surface area is 192 Å². The Morgan fingerprint density at radius 2 is 1.24 bits per heavy atom. The first-order valence-electron chi connectivity index (χ1n) is 10.7. The minimum absolute atomic E-state index is 0.0363. The van der Waals surface area contributed by atoms with Gasteiger partial charge < -0.3 is 15.3 Å². The third kappa shape index (κ3) is 3.85. The summed E-state index contributed by atoms with van der Waals surface area (Å²) in [5.74, 6) is -1.86. The van der Waals surface area contributed by atoms with Crippen LogP contribution in [0, 0.1) is 11.6 Å². The van der Waals surface area contributed by atoms with Gasteiger partial charge in [0.2, 0.25) is 17.7 Å². The molecule has 0 unspecified atom stereocenters. The topological polar surface area (TPSA) is 107 Å². The van der Waals surface area contributed by atoms with Crippen molar-refractivity contribution in [2.45, 2.75) is 24.7 Å². The summed E-state index contributed by atoms with van der Waals surface area (Å²) in [4.78, 5) is 40.1. The number of H-pyrrole nitrogens is 2. The standard InChI is InChI=1S/C13H11FN2O.C12H9FN2O2/c1-7-9(5-13(17)16-7)11-6-15-12-3-2-8(14)4-10(11)12;13-6-1-2-10-7(3-6)9(5-14-10)8-4-11(16)15-12(8)17/h2-4,6,9,15H,1,5H2,(H,16,17);1-3,5,8,14H,4H2,(H,15,16,17)/t9-;8-/m11/s1. The van der Waals surface area contributed by atoms with Crippen molar-refractivity contribution in [3.8, 4) is 0 Å². The quantitative estimate of drug-likeness (QED) is 0.340. The second kappa shape index (κ2) is 8.26. The average Bonchev–Trinajstić information content (AvgIpc) is 3.54. The zero-order valence-corrected chi connectivity index (χ0v) is 17.9. The van der Waals surface area contributed by atoms with E-state index in [-0.39, 0.29) is 41.7 Å². The number of halogens is 2. The molecule has 0 aliphatic carbocycles. The summed E-state index contributed by atoms with van der Waals surface area (Å²) in [5, 5.41) is 6.41. The van der Waals surface area contributed by atoms with Crippen molar-refractivity contribution >= 4 is 39.5 Å². The highest BCUT2D eigenvalue weighted by Gasteiger charge is 2.33. The number of nitrogens with one attached hydrogen (secondary N) is 4. The maximum atomic E-state index is 13.2. The van der Waals surface area contributed by atoms with Crippen molar-refractivity contribution in [1.82, 2.24) is 20.6 Å². The molecule has 2 aliphatic heterocycles. The number of aromatic nitrogens is 2. The maximum absolute atomic E-state index is 13.2. The number of allylic oxidation sites excluding steroid dienone is 1. The molecule has 2 aromatic heterocycles. The van der Waals surface area contributed by atoms with Crippen LogP contribution in [0.2, 0.25) is 0 Å². The summed E-state index contributed by atoms with van der Waals surface area (Å²) in [7, 11) is 0. The lowest BCUT2D eigenvalue weighted by molar-refractivity contribution is -0.125. The molecule has 4 aromatic rings. The van der Waals surface area contributed by atoms with Crippen LogP contribution < -0.4 is 10.6 Å². The van der Waals surface area contributed by atoms with E-state index in [1.54, 1.807) is 18.3 Å². The van der Waals surface area contributed by atoms with Gasteiger partial charge in [0.05, 0.1) is 5.92 Å². The van der Waals surface area contributed by atoms with E-state index in [0.717, 1.165) is 22.0 Å². The molecule has 0 radical (unpaired) electrons. The second-order valence-corrected chi connectivity index (χ2v) is 8.37. The van der Waals surface area contributed by atoms with Gasteiger partial charge in [0, 0.05) is 58.7 Å². The van der Waals surface area contributed by atoms with Crippen molar-refractivity contribution in [2.75, 3.05) is 0 Å². The van der Waals surface area contributed by atoms with Gasteiger partial charge in [-0.05, 0) is 47.5 Å². The molecule has 3 amide bonds. The van der Waals surface area contributed by atoms with E-state index in [2.05, 4.69) is 27.2 Å². The van der Waals surface area contributed by atoms with Crippen molar-refractivity contribution in [2.24, 2.45) is 0 Å². The molecule has 2 atom stereocenters. The Bertz CT molecular complexity index is 1370. The van der Waals surface area contributed by atoms with E-state index >= 15 is 0 Å². The van der Waals surface area contributed by atoms with Gasteiger partial charge in [-0.2, -0.15) is 0 Å². The van der Waals surface area contributed by atoms with Gasteiger partial charge in [-0.1, -0.05) is 6.58 Å². The van der Waals surface area contributed by atoms with Gasteiger partial charge in [0.15, 0.2) is 0 Å². The first-order valence-corrected chi connectivity index (χ1v) is 10.7. The number of rotatable bonds is 2. The van der Waals surface area contributed by atoms with Gasteiger partial charge in [0.25, 0.3) is 0 Å². The molecule has 0 saturated carbocycles. The fourth-order valence-corrected chi connectivity index (χ4v) is 4.53. The van der Waals surface area contributed by atoms with Crippen molar-refractivity contribution in [3.63, 3.8) is 0 Å². The monoisotopic (exact) mass is 462 g/mol. The molecule has 172 valence electrons. The lowest BCUT2D eigenvalue weighted by Crippen LogP contribution is -2.21. The predicted molar refractivity (Wildman–Crippen MR) is 122 cm³/mol. The number of hydrogen-bond donors (Lipinski definition) is 4. The van der Waals surface area contributed by atoms with Crippen LogP contribution in [0.4, 0.5) is 8.78 Å². The molecular weight excluding hydrogens is 442 g/mol. The zero-order chi connectivity index (χ0) is 24.0. The van der Waals surface area contributed by atoms with E-state index in [1.807, 2.05) is 6.20 Å². The van der Waals surface area contributed by atoms with E-state index in [9.17, 15) is 23.2 Å². The van der Waals surface area contributed by atoms with Crippen LogP contribution in [-0.4, -0.2) is 27.7 Å². The Balaban J connectivity index is 0.000000142. The van der Waals surface area contributed by atoms with Gasteiger partial charge >= 0.3 is 0 Å². The zero-order valence-electron chi connectivity index (χ0n) is 17.9. The maximum Gasteiger partial charge on any atom is 0.234 e. The number of benzene rings is 2. The van der Waals surface area contributed by atoms with Crippen LogP contribution >= 0.6 is 0 Å². The molecule has 2 aliphatic rings. The van der Waals surface area contributed by atoms with E-state index in [0.29, 0.717) is 23.1 Å². The Kier molecular flexibility index (Phi) is 5.24. The van der Waals surface area contributed by atoms with Crippen LogP contribution in [0.3, 0.4) is 0 Å². The minimum Gasteiger partial charge on any atom is -0.361 e. The summed E-state index contributed by atoms with van der Waals surface area (Å²) >= 11 is 0. The molecule has 4 heterocycles. The number of carbonyl (C=O) groups is 3. The predicted octanol–water partition coefficient (Wildman–Crippen LogP) is 3.86. The highest BCUT2D eigenvalue weighted by Crippen LogP contribution is 2.35. The molecule has 0 spiro atoms. The number of imide groups is 1. The molecule has 4 N–H and O–H groups in total. The largest absolute Gasteiger partial charge is 0.361 e. The van der Waals surface area contributed by atoms with Crippen molar-refractivity contribution in [3.05, 3.63) is 83.8 Å². The lowest BCUT2D eigenvalue weighted by atomic mass is 9.95. The summed E-state index contributed by atoms with van der Waals surface area (Å²) < 4.78 is 26.4. The summed E-state index contributed by atoms with van der Waals surface area (Å²) in [5.41, 5.74) is 3.90. The minimum atomic E-state index is -0.516. The highest BCUT2D eigenvalue weighted by atomic mass is 19.1. The average molecular weight is 462 g/mol. The van der Waals surface area contributed by atoms with Crippen molar-refractivity contribution < 1.29 is 23.2 Å². The number of fused-ring (bicyclic) bond motifs is 2. The Morgan fingerprint density at radius 1 is 0.735 bits per heavy atom. The van der Waals surface area contributed by atoms with E-state index in [1.165, 1.54) is 24.3 Å². The molecular formula is C25H20F2N4O3. The molecule has 9 heteroatoms. The Hall–Kier alpha value is -4.27. The number of carbonyl (C=O) groups excluding carboxylic acids is 3. The summed E-state index contributed by atoms with van der Waals surface area (Å²) in [6.45, 7) is 3.83.